The highest BCUT2D eigenvalue weighted by atomic mass is 16.6. The Kier molecular flexibility index (Phi) is 42.9. The van der Waals surface area contributed by atoms with Gasteiger partial charge in [0, 0.05) is 19.3 Å². The van der Waals surface area contributed by atoms with Crippen molar-refractivity contribution < 1.29 is 28.6 Å². The molecule has 0 amide bonds. The number of ether oxygens (including phenoxy) is 3. The van der Waals surface area contributed by atoms with Crippen LogP contribution in [0.15, 0.2) is 24.3 Å². The molecule has 55 heavy (non-hydrogen) atoms. The van der Waals surface area contributed by atoms with Gasteiger partial charge >= 0.3 is 17.9 Å². The average molecular weight is 775 g/mol. The number of hydrogen-bond acceptors (Lipinski definition) is 6. The van der Waals surface area contributed by atoms with E-state index in [1.54, 1.807) is 0 Å². The summed E-state index contributed by atoms with van der Waals surface area (Å²) < 4.78 is 16.7. The molecular formula is C49H90O6. The number of allylic oxidation sites excluding steroid dienone is 4. The summed E-state index contributed by atoms with van der Waals surface area (Å²) in [7, 11) is 0. The van der Waals surface area contributed by atoms with Crippen molar-refractivity contribution in [3.05, 3.63) is 24.3 Å². The number of unbranched alkanes of at least 4 members (excludes halogenated alkanes) is 28. The highest BCUT2D eigenvalue weighted by Crippen LogP contribution is 2.14. The van der Waals surface area contributed by atoms with Gasteiger partial charge in [-0.25, -0.2) is 0 Å². The number of carbonyl (C=O) groups excluding carboxylic acids is 3. The minimum absolute atomic E-state index is 0.0743. The lowest BCUT2D eigenvalue weighted by Crippen LogP contribution is -2.30. The van der Waals surface area contributed by atoms with Gasteiger partial charge in [-0.3, -0.25) is 14.4 Å². The first-order chi connectivity index (χ1) is 27.0. The van der Waals surface area contributed by atoms with E-state index in [2.05, 4.69) is 45.1 Å². The van der Waals surface area contributed by atoms with E-state index >= 15 is 0 Å². The summed E-state index contributed by atoms with van der Waals surface area (Å²) in [6, 6.07) is 0. The molecule has 0 aliphatic carbocycles. The molecule has 0 saturated heterocycles. The van der Waals surface area contributed by atoms with E-state index in [1.807, 2.05) is 0 Å². The zero-order valence-corrected chi connectivity index (χ0v) is 36.7. The van der Waals surface area contributed by atoms with E-state index in [-0.39, 0.29) is 31.1 Å². The maximum atomic E-state index is 12.7. The van der Waals surface area contributed by atoms with Crippen molar-refractivity contribution in [1.29, 1.82) is 0 Å². The molecule has 0 fully saturated rings. The van der Waals surface area contributed by atoms with Crippen molar-refractivity contribution >= 4 is 17.9 Å². The molecule has 0 rings (SSSR count). The smallest absolute Gasteiger partial charge is 0.306 e. The summed E-state index contributed by atoms with van der Waals surface area (Å²) in [6.45, 7) is 6.59. The second-order valence-corrected chi connectivity index (χ2v) is 16.0. The van der Waals surface area contributed by atoms with Crippen molar-refractivity contribution in [2.75, 3.05) is 13.2 Å². The number of esters is 3. The lowest BCUT2D eigenvalue weighted by atomic mass is 10.1. The standard InChI is InChI=1S/C49H90O6/c1-4-7-10-13-16-19-22-24-25-28-30-33-36-39-42-48(51)54-45-46(44-53-47(50)41-38-35-32-29-26-21-18-15-12-9-6-3)55-49(52)43-40-37-34-31-27-23-20-17-14-11-8-5-2/h17,20,22,24,46H,4-16,18-19,21,23,25-45H2,1-3H3/b20-17-,24-22-/t46-/m1/s1. The molecule has 0 aromatic carbocycles. The summed E-state index contributed by atoms with van der Waals surface area (Å²) in [6.07, 6.45) is 48.7. The Balaban J connectivity index is 4.37. The predicted molar refractivity (Wildman–Crippen MR) is 233 cm³/mol. The molecule has 6 nitrogen and oxygen atoms in total. The third-order valence-corrected chi connectivity index (χ3v) is 10.4. The fourth-order valence-corrected chi connectivity index (χ4v) is 6.78. The summed E-state index contributed by atoms with van der Waals surface area (Å²) in [4.78, 5) is 37.8. The number of hydrogen-bond donors (Lipinski definition) is 0. The van der Waals surface area contributed by atoms with E-state index in [1.165, 1.54) is 141 Å². The minimum Gasteiger partial charge on any atom is -0.462 e. The Hall–Kier alpha value is -2.11. The SMILES string of the molecule is CCCCC/C=C\CCCCCCCC(=O)O[C@@H](COC(=O)CCCCCCC/C=C\CCCCCCC)COC(=O)CCCCCCCCCCCCC. The maximum Gasteiger partial charge on any atom is 0.306 e. The van der Waals surface area contributed by atoms with Gasteiger partial charge in [-0.05, 0) is 70.6 Å². The lowest BCUT2D eigenvalue weighted by molar-refractivity contribution is -0.167. The van der Waals surface area contributed by atoms with E-state index in [0.717, 1.165) is 70.6 Å². The fraction of sp³-hybridized carbons (Fsp3) is 0.857. The molecule has 0 bridgehead atoms. The van der Waals surface area contributed by atoms with Crippen LogP contribution in [0.4, 0.5) is 0 Å². The molecule has 0 radical (unpaired) electrons. The third kappa shape index (κ3) is 42.9. The summed E-state index contributed by atoms with van der Waals surface area (Å²) in [5, 5.41) is 0. The van der Waals surface area contributed by atoms with Gasteiger partial charge in [0.05, 0.1) is 0 Å². The number of carbonyl (C=O) groups is 3. The molecule has 6 heteroatoms. The van der Waals surface area contributed by atoms with Crippen molar-refractivity contribution in [2.24, 2.45) is 0 Å². The lowest BCUT2D eigenvalue weighted by Gasteiger charge is -2.18. The van der Waals surface area contributed by atoms with Crippen LogP contribution in [0, 0.1) is 0 Å². The van der Waals surface area contributed by atoms with Gasteiger partial charge < -0.3 is 14.2 Å². The molecule has 322 valence electrons. The van der Waals surface area contributed by atoms with Crippen LogP contribution in [-0.4, -0.2) is 37.2 Å². The highest BCUT2D eigenvalue weighted by molar-refractivity contribution is 5.71. The van der Waals surface area contributed by atoms with E-state index < -0.39 is 6.10 Å². The monoisotopic (exact) mass is 775 g/mol. The van der Waals surface area contributed by atoms with Gasteiger partial charge in [0.1, 0.15) is 13.2 Å². The van der Waals surface area contributed by atoms with Crippen LogP contribution >= 0.6 is 0 Å². The second-order valence-electron chi connectivity index (χ2n) is 16.0. The van der Waals surface area contributed by atoms with E-state index in [0.29, 0.717) is 19.3 Å². The molecule has 0 aromatic rings. The second kappa shape index (κ2) is 44.6. The van der Waals surface area contributed by atoms with Crippen LogP contribution in [0.3, 0.4) is 0 Å². The molecule has 0 saturated carbocycles. The first kappa shape index (κ1) is 52.9. The molecule has 0 unspecified atom stereocenters. The Bertz CT molecular complexity index is 896. The van der Waals surface area contributed by atoms with Crippen molar-refractivity contribution in [3.63, 3.8) is 0 Å². The maximum absolute atomic E-state index is 12.7. The van der Waals surface area contributed by atoms with Crippen LogP contribution in [-0.2, 0) is 28.6 Å². The molecule has 0 aliphatic rings. The first-order valence-corrected chi connectivity index (χ1v) is 23.8. The Labute approximate surface area is 341 Å². The summed E-state index contributed by atoms with van der Waals surface area (Å²) in [5.41, 5.74) is 0. The van der Waals surface area contributed by atoms with Gasteiger partial charge in [-0.15, -0.1) is 0 Å². The zero-order valence-electron chi connectivity index (χ0n) is 36.7. The molecule has 1 atom stereocenters. The molecule has 0 heterocycles. The highest BCUT2D eigenvalue weighted by Gasteiger charge is 2.19. The summed E-state index contributed by atoms with van der Waals surface area (Å²) >= 11 is 0. The van der Waals surface area contributed by atoms with Gasteiger partial charge in [0.15, 0.2) is 6.10 Å². The van der Waals surface area contributed by atoms with Crippen LogP contribution in [0.2, 0.25) is 0 Å². The Morgan fingerprint density at radius 2 is 0.600 bits per heavy atom. The normalized spacial score (nSPS) is 12.1. The van der Waals surface area contributed by atoms with Gasteiger partial charge in [0.25, 0.3) is 0 Å². The Morgan fingerprint density at radius 1 is 0.345 bits per heavy atom. The number of rotatable bonds is 43. The topological polar surface area (TPSA) is 78.9 Å². The van der Waals surface area contributed by atoms with Crippen molar-refractivity contribution in [1.82, 2.24) is 0 Å². The van der Waals surface area contributed by atoms with Gasteiger partial charge in [-0.1, -0.05) is 186 Å². The van der Waals surface area contributed by atoms with Crippen LogP contribution in [0.1, 0.15) is 252 Å². The van der Waals surface area contributed by atoms with Crippen LogP contribution in [0.5, 0.6) is 0 Å². The average Bonchev–Trinajstić information content (AvgIpc) is 3.18. The largest absolute Gasteiger partial charge is 0.462 e. The third-order valence-electron chi connectivity index (χ3n) is 10.4. The molecule has 0 spiro atoms. The molecule has 0 N–H and O–H groups in total. The fourth-order valence-electron chi connectivity index (χ4n) is 6.78. The quantitative estimate of drug-likeness (QED) is 0.0266. The first-order valence-electron chi connectivity index (χ1n) is 23.8. The van der Waals surface area contributed by atoms with Gasteiger partial charge in [0.2, 0.25) is 0 Å². The van der Waals surface area contributed by atoms with E-state index in [4.69, 9.17) is 14.2 Å². The molecular weight excluding hydrogens is 685 g/mol. The van der Waals surface area contributed by atoms with Crippen LogP contribution in [0.25, 0.3) is 0 Å². The molecule has 0 aromatic heterocycles. The zero-order chi connectivity index (χ0) is 40.1. The van der Waals surface area contributed by atoms with Crippen molar-refractivity contribution in [2.45, 2.75) is 258 Å². The van der Waals surface area contributed by atoms with E-state index in [9.17, 15) is 14.4 Å². The van der Waals surface area contributed by atoms with Gasteiger partial charge in [-0.2, -0.15) is 0 Å². The molecule has 0 aliphatic heterocycles. The minimum atomic E-state index is -0.772. The predicted octanol–water partition coefficient (Wildman–Crippen LogP) is 15.2. The van der Waals surface area contributed by atoms with Crippen LogP contribution < -0.4 is 0 Å². The van der Waals surface area contributed by atoms with Crippen molar-refractivity contribution in [3.8, 4) is 0 Å². The Morgan fingerprint density at radius 3 is 0.945 bits per heavy atom. The summed E-state index contributed by atoms with van der Waals surface area (Å²) in [5.74, 6) is -0.887.